The maximum Gasteiger partial charge on any atom is 0.342 e. The molecule has 0 aliphatic heterocycles. The van der Waals surface area contributed by atoms with Gasteiger partial charge >= 0.3 is 6.01 Å². The minimum absolute atomic E-state index is 0.253. The number of benzene rings is 1. The van der Waals surface area contributed by atoms with Gasteiger partial charge in [0.25, 0.3) is 0 Å². The fourth-order valence-electron chi connectivity index (χ4n) is 1.54. The van der Waals surface area contributed by atoms with Crippen LogP contribution in [0.1, 0.15) is 9.67 Å². The predicted molar refractivity (Wildman–Crippen MR) is 71.1 cm³/mol. The Morgan fingerprint density at radius 3 is 2.74 bits per heavy atom. The Labute approximate surface area is 113 Å². The van der Waals surface area contributed by atoms with Gasteiger partial charge in [-0.1, -0.05) is 29.5 Å². The number of rotatable bonds is 4. The van der Waals surface area contributed by atoms with Crippen molar-refractivity contribution in [2.24, 2.45) is 0 Å². The van der Waals surface area contributed by atoms with Gasteiger partial charge in [-0.05, 0) is 24.3 Å². The number of para-hydroxylation sites is 1. The van der Waals surface area contributed by atoms with Crippen molar-refractivity contribution in [3.05, 3.63) is 53.7 Å². The minimum atomic E-state index is 0.253. The van der Waals surface area contributed by atoms with Gasteiger partial charge in [-0.2, -0.15) is 4.98 Å². The van der Waals surface area contributed by atoms with Crippen molar-refractivity contribution in [1.82, 2.24) is 14.8 Å². The SMILES string of the molecule is O=Cc1ccc(Oc2ncn(-c3ccccc3)n2)s1. The molecule has 0 aliphatic carbocycles. The molecule has 0 N–H and O–H groups in total. The first kappa shape index (κ1) is 11.6. The number of ether oxygens (including phenoxy) is 1. The van der Waals surface area contributed by atoms with Crippen molar-refractivity contribution >= 4 is 17.6 Å². The molecule has 3 aromatic rings. The number of hydrogen-bond donors (Lipinski definition) is 0. The third-order valence-electron chi connectivity index (χ3n) is 2.40. The fourth-order valence-corrected chi connectivity index (χ4v) is 2.21. The van der Waals surface area contributed by atoms with E-state index >= 15 is 0 Å². The van der Waals surface area contributed by atoms with Crippen LogP contribution in [0.5, 0.6) is 11.1 Å². The summed E-state index contributed by atoms with van der Waals surface area (Å²) in [5.74, 6) is 0. The van der Waals surface area contributed by atoms with Crippen molar-refractivity contribution in [3.63, 3.8) is 0 Å². The summed E-state index contributed by atoms with van der Waals surface area (Å²) in [6.07, 6.45) is 2.37. The average molecular weight is 271 g/mol. The number of aldehydes is 1. The molecular weight excluding hydrogens is 262 g/mol. The number of thiophene rings is 1. The molecular formula is C13H9N3O2S. The van der Waals surface area contributed by atoms with Crippen LogP contribution in [-0.2, 0) is 0 Å². The van der Waals surface area contributed by atoms with Crippen LogP contribution >= 0.6 is 11.3 Å². The smallest absolute Gasteiger partial charge is 0.342 e. The van der Waals surface area contributed by atoms with Crippen molar-refractivity contribution in [2.45, 2.75) is 0 Å². The molecule has 19 heavy (non-hydrogen) atoms. The molecule has 5 nitrogen and oxygen atoms in total. The van der Waals surface area contributed by atoms with Gasteiger partial charge in [-0.15, -0.1) is 5.10 Å². The number of hydrogen-bond acceptors (Lipinski definition) is 5. The molecule has 0 saturated carbocycles. The van der Waals surface area contributed by atoms with E-state index in [2.05, 4.69) is 10.1 Å². The zero-order valence-electron chi connectivity index (χ0n) is 9.76. The van der Waals surface area contributed by atoms with Crippen molar-refractivity contribution in [2.75, 3.05) is 0 Å². The molecule has 0 spiro atoms. The second kappa shape index (κ2) is 5.03. The topological polar surface area (TPSA) is 57.0 Å². The van der Waals surface area contributed by atoms with Crippen LogP contribution in [0.4, 0.5) is 0 Å². The molecule has 94 valence electrons. The van der Waals surface area contributed by atoms with Gasteiger partial charge in [0.1, 0.15) is 6.33 Å². The Balaban J connectivity index is 1.80. The molecule has 0 fully saturated rings. The molecule has 0 unspecified atom stereocenters. The molecule has 2 heterocycles. The lowest BCUT2D eigenvalue weighted by molar-refractivity contribution is 0.112. The quantitative estimate of drug-likeness (QED) is 0.684. The lowest BCUT2D eigenvalue weighted by atomic mass is 10.3. The second-order valence-electron chi connectivity index (χ2n) is 3.68. The van der Waals surface area contributed by atoms with Crippen LogP contribution < -0.4 is 4.74 Å². The molecule has 3 rings (SSSR count). The number of carbonyl (C=O) groups is 1. The van der Waals surface area contributed by atoms with E-state index in [9.17, 15) is 4.79 Å². The Kier molecular flexibility index (Phi) is 3.07. The molecule has 0 atom stereocenters. The number of nitrogens with zero attached hydrogens (tertiary/aromatic N) is 3. The van der Waals surface area contributed by atoms with Gasteiger partial charge < -0.3 is 4.74 Å². The maximum absolute atomic E-state index is 10.6. The maximum atomic E-state index is 10.6. The van der Waals surface area contributed by atoms with E-state index in [1.54, 1.807) is 23.1 Å². The standard InChI is InChI=1S/C13H9N3O2S/c17-8-11-6-7-12(19-11)18-13-14-9-16(15-13)10-4-2-1-3-5-10/h1-9H. The molecule has 2 aromatic heterocycles. The minimum Gasteiger partial charge on any atom is -0.412 e. The van der Waals surface area contributed by atoms with Crippen LogP contribution in [0, 0.1) is 0 Å². The predicted octanol–water partition coefficient (Wildman–Crippen LogP) is 2.93. The lowest BCUT2D eigenvalue weighted by Gasteiger charge is -1.98. The van der Waals surface area contributed by atoms with Crippen molar-refractivity contribution < 1.29 is 9.53 Å². The van der Waals surface area contributed by atoms with Crippen molar-refractivity contribution in [1.29, 1.82) is 0 Å². The summed E-state index contributed by atoms with van der Waals surface area (Å²) >= 11 is 1.25. The van der Waals surface area contributed by atoms with Crippen molar-refractivity contribution in [3.8, 4) is 16.8 Å². The van der Waals surface area contributed by atoms with E-state index < -0.39 is 0 Å². The fraction of sp³-hybridized carbons (Fsp3) is 0. The van der Waals surface area contributed by atoms with Crippen LogP contribution in [0.15, 0.2) is 48.8 Å². The van der Waals surface area contributed by atoms with E-state index in [-0.39, 0.29) is 6.01 Å². The number of aromatic nitrogens is 3. The first-order chi connectivity index (χ1) is 9.35. The van der Waals surface area contributed by atoms with E-state index in [1.165, 1.54) is 11.3 Å². The van der Waals surface area contributed by atoms with E-state index in [0.29, 0.717) is 9.94 Å². The summed E-state index contributed by atoms with van der Waals surface area (Å²) in [4.78, 5) is 15.3. The summed E-state index contributed by atoms with van der Waals surface area (Å²) in [6.45, 7) is 0. The van der Waals surface area contributed by atoms with Gasteiger partial charge in [0.05, 0.1) is 10.6 Å². The summed E-state index contributed by atoms with van der Waals surface area (Å²) in [7, 11) is 0. The first-order valence-corrected chi connectivity index (χ1v) is 6.37. The largest absolute Gasteiger partial charge is 0.412 e. The van der Waals surface area contributed by atoms with Gasteiger partial charge in [0.2, 0.25) is 0 Å². The zero-order chi connectivity index (χ0) is 13.1. The average Bonchev–Trinajstić information content (AvgIpc) is 3.09. The van der Waals surface area contributed by atoms with E-state index in [1.807, 2.05) is 30.3 Å². The normalized spacial score (nSPS) is 10.3. The number of carbonyl (C=O) groups excluding carboxylic acids is 1. The molecule has 0 bridgehead atoms. The van der Waals surface area contributed by atoms with Crippen LogP contribution in [0.25, 0.3) is 5.69 Å². The molecule has 0 aliphatic rings. The zero-order valence-corrected chi connectivity index (χ0v) is 10.6. The van der Waals surface area contributed by atoms with Crippen LogP contribution in [-0.4, -0.2) is 21.1 Å². The van der Waals surface area contributed by atoms with E-state index in [0.717, 1.165) is 12.0 Å². The van der Waals surface area contributed by atoms with Gasteiger partial charge in [0.15, 0.2) is 11.3 Å². The molecule has 6 heteroatoms. The Bertz CT molecular complexity index is 691. The Hall–Kier alpha value is -2.47. The highest BCUT2D eigenvalue weighted by Gasteiger charge is 2.07. The molecule has 1 aromatic carbocycles. The summed E-state index contributed by atoms with van der Waals surface area (Å²) in [6, 6.07) is 13.3. The molecule has 0 radical (unpaired) electrons. The first-order valence-electron chi connectivity index (χ1n) is 5.55. The van der Waals surface area contributed by atoms with Gasteiger partial charge in [-0.25, -0.2) is 4.68 Å². The highest BCUT2D eigenvalue weighted by molar-refractivity contribution is 7.15. The van der Waals surface area contributed by atoms with Crippen LogP contribution in [0.2, 0.25) is 0 Å². The Morgan fingerprint density at radius 2 is 2.00 bits per heavy atom. The highest BCUT2D eigenvalue weighted by atomic mass is 32.1. The third kappa shape index (κ3) is 2.53. The Morgan fingerprint density at radius 1 is 1.16 bits per heavy atom. The summed E-state index contributed by atoms with van der Waals surface area (Å²) in [5.41, 5.74) is 0.907. The van der Waals surface area contributed by atoms with Crippen LogP contribution in [0.3, 0.4) is 0 Å². The molecule has 0 saturated heterocycles. The van der Waals surface area contributed by atoms with Gasteiger partial charge in [0, 0.05) is 0 Å². The highest BCUT2D eigenvalue weighted by Crippen LogP contribution is 2.26. The second-order valence-corrected chi connectivity index (χ2v) is 4.76. The summed E-state index contributed by atoms with van der Waals surface area (Å²) in [5, 5.41) is 4.80. The monoisotopic (exact) mass is 271 g/mol. The van der Waals surface area contributed by atoms with Gasteiger partial charge in [-0.3, -0.25) is 4.79 Å². The summed E-state index contributed by atoms with van der Waals surface area (Å²) < 4.78 is 7.11. The van der Waals surface area contributed by atoms with E-state index in [4.69, 9.17) is 4.74 Å². The lowest BCUT2D eigenvalue weighted by Crippen LogP contribution is -1.94. The third-order valence-corrected chi connectivity index (χ3v) is 3.29. The molecule has 0 amide bonds.